The minimum Gasteiger partial charge on any atom is -0.355 e. The van der Waals surface area contributed by atoms with Gasteiger partial charge < -0.3 is 11.1 Å². The largest absolute Gasteiger partial charge is 0.355 e. The molecule has 3 N–H and O–H groups in total. The Morgan fingerprint density at radius 1 is 1.55 bits per heavy atom. The Morgan fingerprint density at radius 3 is 2.95 bits per heavy atom. The van der Waals surface area contributed by atoms with Gasteiger partial charge in [-0.3, -0.25) is 14.4 Å². The number of carbonyl (C=O) groups is 1. The second-order valence-electron chi connectivity index (χ2n) is 6.08. The van der Waals surface area contributed by atoms with Crippen molar-refractivity contribution in [3.63, 3.8) is 0 Å². The van der Waals surface area contributed by atoms with E-state index in [4.69, 9.17) is 5.73 Å². The fourth-order valence-corrected chi connectivity index (χ4v) is 2.75. The summed E-state index contributed by atoms with van der Waals surface area (Å²) in [5.74, 6) is 0.230. The summed E-state index contributed by atoms with van der Waals surface area (Å²) >= 11 is 0. The molecule has 2 rings (SSSR count). The van der Waals surface area contributed by atoms with Crippen LogP contribution in [0.25, 0.3) is 0 Å². The molecule has 1 aliphatic rings. The quantitative estimate of drug-likeness (QED) is 0.821. The van der Waals surface area contributed by atoms with Crippen molar-refractivity contribution in [2.75, 3.05) is 26.2 Å². The first kappa shape index (κ1) is 18.9. The number of hydrogen-bond acceptors (Lipinski definition) is 4. The lowest BCUT2D eigenvalue weighted by Crippen LogP contribution is -2.43. The summed E-state index contributed by atoms with van der Waals surface area (Å²) in [4.78, 5) is 14.4. The van der Waals surface area contributed by atoms with Gasteiger partial charge in [0.1, 0.15) is 0 Å². The van der Waals surface area contributed by atoms with Crippen molar-refractivity contribution in [3.05, 3.63) is 18.0 Å². The van der Waals surface area contributed by atoms with E-state index < -0.39 is 0 Å². The van der Waals surface area contributed by atoms with E-state index in [1.54, 1.807) is 0 Å². The minimum absolute atomic E-state index is 0. The van der Waals surface area contributed by atoms with Crippen LogP contribution in [0, 0.1) is 5.92 Å². The van der Waals surface area contributed by atoms with Gasteiger partial charge in [0.25, 0.3) is 0 Å². The first-order valence-electron chi connectivity index (χ1n) is 7.83. The van der Waals surface area contributed by atoms with Gasteiger partial charge in [0.05, 0.1) is 12.1 Å². The maximum Gasteiger partial charge on any atom is 0.224 e. The molecule has 1 aromatic heterocycles. The van der Waals surface area contributed by atoms with Crippen molar-refractivity contribution in [1.82, 2.24) is 20.0 Å². The molecule has 6 nitrogen and oxygen atoms in total. The van der Waals surface area contributed by atoms with E-state index in [1.165, 1.54) is 5.56 Å². The molecule has 0 radical (unpaired) electrons. The van der Waals surface area contributed by atoms with Crippen LogP contribution in [-0.2, 0) is 11.3 Å². The molecule has 0 saturated carbocycles. The number of likely N-dealkylation sites (tertiary alicyclic amines) is 1. The van der Waals surface area contributed by atoms with Crippen molar-refractivity contribution in [2.24, 2.45) is 11.7 Å². The van der Waals surface area contributed by atoms with E-state index in [1.807, 2.05) is 10.9 Å². The molecule has 1 aromatic rings. The zero-order valence-corrected chi connectivity index (χ0v) is 14.3. The van der Waals surface area contributed by atoms with E-state index in [0.717, 1.165) is 32.5 Å². The molecule has 1 atom stereocenters. The Bertz CT molecular complexity index is 463. The fourth-order valence-electron chi connectivity index (χ4n) is 2.75. The van der Waals surface area contributed by atoms with Gasteiger partial charge in [-0.1, -0.05) is 0 Å². The van der Waals surface area contributed by atoms with E-state index >= 15 is 0 Å². The highest BCUT2D eigenvalue weighted by Gasteiger charge is 2.25. The van der Waals surface area contributed by atoms with Crippen molar-refractivity contribution >= 4 is 18.3 Å². The lowest BCUT2D eigenvalue weighted by molar-refractivity contribution is -0.126. The summed E-state index contributed by atoms with van der Waals surface area (Å²) < 4.78 is 1.98. The van der Waals surface area contributed by atoms with Crippen LogP contribution in [-0.4, -0.2) is 46.8 Å². The molecule has 7 heteroatoms. The van der Waals surface area contributed by atoms with Gasteiger partial charge in [-0.2, -0.15) is 5.10 Å². The smallest absolute Gasteiger partial charge is 0.224 e. The number of nitrogens with zero attached hydrogens (tertiary/aromatic N) is 3. The van der Waals surface area contributed by atoms with Crippen LogP contribution >= 0.6 is 12.4 Å². The molecule has 1 fully saturated rings. The maximum absolute atomic E-state index is 12.0. The average Bonchev–Trinajstić information content (AvgIpc) is 2.94. The standard InChI is InChI=1S/C15H27N5O.ClH/c1-12(2)20-10-13(8-18-20)9-19-7-3-4-14(11-19)15(21)17-6-5-16;/h8,10,12,14H,3-7,9,11,16H2,1-2H3,(H,17,21);1H. The van der Waals surface area contributed by atoms with Crippen molar-refractivity contribution in [2.45, 2.75) is 39.3 Å². The van der Waals surface area contributed by atoms with Crippen LogP contribution < -0.4 is 11.1 Å². The second-order valence-corrected chi connectivity index (χ2v) is 6.08. The molecule has 1 saturated heterocycles. The SMILES string of the molecule is CC(C)n1cc(CN2CCCC(C(=O)NCCN)C2)cn1.Cl. The molecule has 22 heavy (non-hydrogen) atoms. The second kappa shape index (κ2) is 9.12. The van der Waals surface area contributed by atoms with Crippen molar-refractivity contribution in [1.29, 1.82) is 0 Å². The van der Waals surface area contributed by atoms with Gasteiger partial charge in [0.15, 0.2) is 0 Å². The summed E-state index contributed by atoms with van der Waals surface area (Å²) in [7, 11) is 0. The Hall–Kier alpha value is -1.11. The number of piperidine rings is 1. The van der Waals surface area contributed by atoms with E-state index in [2.05, 4.69) is 35.4 Å². The molecule has 0 spiro atoms. The summed E-state index contributed by atoms with van der Waals surface area (Å²) in [6, 6.07) is 0.384. The topological polar surface area (TPSA) is 76.2 Å². The van der Waals surface area contributed by atoms with Gasteiger partial charge in [-0.25, -0.2) is 0 Å². The van der Waals surface area contributed by atoms with Crippen LogP contribution in [0.4, 0.5) is 0 Å². The van der Waals surface area contributed by atoms with Gasteiger partial charge in [0.2, 0.25) is 5.91 Å². The normalized spacial score (nSPS) is 19.0. The Labute approximate surface area is 138 Å². The number of rotatable bonds is 6. The molecule has 2 heterocycles. The van der Waals surface area contributed by atoms with Crippen molar-refractivity contribution in [3.8, 4) is 0 Å². The highest BCUT2D eigenvalue weighted by atomic mass is 35.5. The van der Waals surface area contributed by atoms with Gasteiger partial charge in [-0.15, -0.1) is 12.4 Å². The molecule has 1 aliphatic heterocycles. The number of aromatic nitrogens is 2. The Morgan fingerprint density at radius 2 is 2.32 bits per heavy atom. The first-order chi connectivity index (χ1) is 10.1. The average molecular weight is 330 g/mol. The van der Waals surface area contributed by atoms with Gasteiger partial charge in [0, 0.05) is 44.0 Å². The van der Waals surface area contributed by atoms with E-state index in [0.29, 0.717) is 19.1 Å². The Balaban J connectivity index is 0.00000242. The Kier molecular flexibility index (Phi) is 7.85. The van der Waals surface area contributed by atoms with Crippen LogP contribution in [0.1, 0.15) is 38.3 Å². The number of hydrogen-bond donors (Lipinski definition) is 2. The highest BCUT2D eigenvalue weighted by Crippen LogP contribution is 2.19. The molecule has 1 unspecified atom stereocenters. The maximum atomic E-state index is 12.0. The molecular formula is C15H28ClN5O. The number of amides is 1. The molecule has 0 aliphatic carbocycles. The molecule has 0 aromatic carbocycles. The zero-order chi connectivity index (χ0) is 15.2. The predicted molar refractivity (Wildman–Crippen MR) is 89.9 cm³/mol. The molecule has 1 amide bonds. The predicted octanol–water partition coefficient (Wildman–Crippen LogP) is 1.17. The number of halogens is 1. The summed E-state index contributed by atoms with van der Waals surface area (Å²) in [6.07, 6.45) is 6.07. The highest BCUT2D eigenvalue weighted by molar-refractivity contribution is 5.85. The van der Waals surface area contributed by atoms with Crippen LogP contribution in [0.5, 0.6) is 0 Å². The number of nitrogens with two attached hydrogens (primary N) is 1. The van der Waals surface area contributed by atoms with Crippen LogP contribution in [0.15, 0.2) is 12.4 Å². The summed E-state index contributed by atoms with van der Waals surface area (Å²) in [6.45, 7) is 8.04. The monoisotopic (exact) mass is 329 g/mol. The minimum atomic E-state index is 0. The van der Waals surface area contributed by atoms with Gasteiger partial charge >= 0.3 is 0 Å². The fraction of sp³-hybridized carbons (Fsp3) is 0.733. The summed E-state index contributed by atoms with van der Waals surface area (Å²) in [5.41, 5.74) is 6.64. The van der Waals surface area contributed by atoms with Crippen molar-refractivity contribution < 1.29 is 4.79 Å². The molecule has 0 bridgehead atoms. The third-order valence-electron chi connectivity index (χ3n) is 3.91. The number of nitrogens with one attached hydrogen (secondary N) is 1. The van der Waals surface area contributed by atoms with Gasteiger partial charge in [-0.05, 0) is 33.2 Å². The lowest BCUT2D eigenvalue weighted by atomic mass is 9.97. The van der Waals surface area contributed by atoms with Crippen LogP contribution in [0.3, 0.4) is 0 Å². The number of carbonyl (C=O) groups excluding carboxylic acids is 1. The first-order valence-corrected chi connectivity index (χ1v) is 7.83. The van der Waals surface area contributed by atoms with E-state index in [-0.39, 0.29) is 24.2 Å². The third kappa shape index (κ3) is 5.26. The summed E-state index contributed by atoms with van der Waals surface area (Å²) in [5, 5.41) is 7.27. The van der Waals surface area contributed by atoms with E-state index in [9.17, 15) is 4.79 Å². The molecular weight excluding hydrogens is 302 g/mol. The lowest BCUT2D eigenvalue weighted by Gasteiger charge is -2.31. The van der Waals surface area contributed by atoms with Crippen LogP contribution in [0.2, 0.25) is 0 Å². The zero-order valence-electron chi connectivity index (χ0n) is 13.5. The molecule has 126 valence electrons. The third-order valence-corrected chi connectivity index (χ3v) is 3.91.